The van der Waals surface area contributed by atoms with Crippen LogP contribution in [-0.2, 0) is 4.79 Å². The first-order valence-corrected chi connectivity index (χ1v) is 10.2. The number of hydrogen-bond acceptors (Lipinski definition) is 4. The number of thioether (sulfide) groups is 1. The molecule has 0 bridgehead atoms. The van der Waals surface area contributed by atoms with Gasteiger partial charge in [0, 0.05) is 21.5 Å². The molecular formula is C19H13BrF3N5OS. The molecule has 2 aromatic rings. The number of nitrogens with zero attached hydrogens (tertiary/aromatic N) is 4. The Labute approximate surface area is 181 Å². The van der Waals surface area contributed by atoms with Crippen molar-refractivity contribution < 1.29 is 18.0 Å². The second-order valence-corrected chi connectivity index (χ2v) is 8.44. The van der Waals surface area contributed by atoms with Gasteiger partial charge in [0.15, 0.2) is 5.84 Å². The van der Waals surface area contributed by atoms with Crippen molar-refractivity contribution in [3.63, 3.8) is 0 Å². The molecule has 4 rings (SSSR count). The average Bonchev–Trinajstić information content (AvgIpc) is 3.20. The molecule has 0 saturated carbocycles. The zero-order chi connectivity index (χ0) is 21.8. The van der Waals surface area contributed by atoms with E-state index in [2.05, 4.69) is 26.0 Å². The highest BCUT2D eigenvalue weighted by atomic mass is 79.9. The molecule has 1 aromatic carbocycles. The van der Waals surface area contributed by atoms with Crippen molar-refractivity contribution in [1.82, 2.24) is 9.58 Å². The maximum absolute atomic E-state index is 12.9. The zero-order valence-corrected chi connectivity index (χ0v) is 18.0. The van der Waals surface area contributed by atoms with Gasteiger partial charge in [-0.05, 0) is 61.5 Å². The largest absolute Gasteiger partial charge is 0.441 e. The van der Waals surface area contributed by atoms with E-state index in [0.717, 1.165) is 26.6 Å². The summed E-state index contributed by atoms with van der Waals surface area (Å²) in [7, 11) is 0. The summed E-state index contributed by atoms with van der Waals surface area (Å²) in [6.45, 7) is 3.76. The number of hydrogen-bond donors (Lipinski definition) is 1. The van der Waals surface area contributed by atoms with E-state index in [1.54, 1.807) is 0 Å². The van der Waals surface area contributed by atoms with Crippen LogP contribution in [-0.4, -0.2) is 37.7 Å². The number of amidine groups is 2. The molecule has 0 spiro atoms. The minimum atomic E-state index is -4.67. The van der Waals surface area contributed by atoms with Crippen molar-refractivity contribution in [1.29, 1.82) is 5.41 Å². The first-order chi connectivity index (χ1) is 14.1. The van der Waals surface area contributed by atoms with Gasteiger partial charge in [-0.3, -0.25) is 10.2 Å². The summed E-state index contributed by atoms with van der Waals surface area (Å²) in [6, 6.07) is 9.51. The Morgan fingerprint density at radius 1 is 1.23 bits per heavy atom. The molecule has 2 aliphatic heterocycles. The number of hydrazone groups is 1. The Kier molecular flexibility index (Phi) is 4.97. The fraction of sp³-hybridized carbons (Fsp3) is 0.158. The van der Waals surface area contributed by atoms with Crippen LogP contribution in [0.1, 0.15) is 17.0 Å². The van der Waals surface area contributed by atoms with Crippen molar-refractivity contribution in [3.05, 3.63) is 57.3 Å². The normalized spacial score (nSPS) is 18.1. The molecule has 1 N–H and O–H groups in total. The van der Waals surface area contributed by atoms with Crippen LogP contribution in [0.2, 0.25) is 0 Å². The van der Waals surface area contributed by atoms with E-state index >= 15 is 0 Å². The van der Waals surface area contributed by atoms with Crippen molar-refractivity contribution in [3.8, 4) is 5.69 Å². The molecule has 1 amide bonds. The average molecular weight is 496 g/mol. The standard InChI is InChI=1S/C19H13BrF3N5OS/c1-9-6-11(10(2)27(9)13-5-3-4-12(20)8-13)7-14-15(24)28-18(25-16(14)29)30-17(26-28)19(21,22)23/h3-8,24H,1-2H3. The van der Waals surface area contributed by atoms with Crippen LogP contribution in [0.25, 0.3) is 11.8 Å². The van der Waals surface area contributed by atoms with Crippen molar-refractivity contribution >= 4 is 55.7 Å². The molecule has 2 aliphatic rings. The van der Waals surface area contributed by atoms with Crippen LogP contribution in [0, 0.1) is 19.3 Å². The molecule has 0 unspecified atom stereocenters. The van der Waals surface area contributed by atoms with Gasteiger partial charge < -0.3 is 4.57 Å². The number of alkyl halides is 3. The summed E-state index contributed by atoms with van der Waals surface area (Å²) >= 11 is 3.67. The molecule has 6 nitrogen and oxygen atoms in total. The SMILES string of the molecule is Cc1cc(C=C2C(=N)N3N=C(C(F)(F)F)SC3=NC2=O)c(C)n1-c1cccc(Br)c1. The number of halogens is 4. The monoisotopic (exact) mass is 495 g/mol. The Morgan fingerprint density at radius 2 is 1.97 bits per heavy atom. The Morgan fingerprint density at radius 3 is 2.63 bits per heavy atom. The predicted molar refractivity (Wildman–Crippen MR) is 114 cm³/mol. The van der Waals surface area contributed by atoms with E-state index in [4.69, 9.17) is 5.41 Å². The summed E-state index contributed by atoms with van der Waals surface area (Å²) < 4.78 is 41.7. The summed E-state index contributed by atoms with van der Waals surface area (Å²) in [4.78, 5) is 16.1. The van der Waals surface area contributed by atoms with E-state index in [1.165, 1.54) is 6.08 Å². The van der Waals surface area contributed by atoms with E-state index in [0.29, 0.717) is 5.56 Å². The molecule has 0 fully saturated rings. The number of aryl methyl sites for hydroxylation is 1. The van der Waals surface area contributed by atoms with Crippen LogP contribution in [0.15, 0.2) is 50.5 Å². The number of nitrogens with one attached hydrogen (secondary N) is 1. The first kappa shape index (κ1) is 20.6. The predicted octanol–water partition coefficient (Wildman–Crippen LogP) is 5.04. The first-order valence-electron chi connectivity index (χ1n) is 8.58. The van der Waals surface area contributed by atoms with E-state index in [9.17, 15) is 18.0 Å². The lowest BCUT2D eigenvalue weighted by atomic mass is 10.1. The lowest BCUT2D eigenvalue weighted by molar-refractivity contribution is -0.114. The van der Waals surface area contributed by atoms with Crippen LogP contribution in [0.4, 0.5) is 13.2 Å². The zero-order valence-electron chi connectivity index (χ0n) is 15.6. The highest BCUT2D eigenvalue weighted by Crippen LogP contribution is 2.35. The van der Waals surface area contributed by atoms with Gasteiger partial charge in [-0.2, -0.15) is 28.3 Å². The van der Waals surface area contributed by atoms with E-state index in [-0.39, 0.29) is 22.5 Å². The minimum absolute atomic E-state index is 0.124. The molecule has 0 saturated heterocycles. The third-order valence-corrected chi connectivity index (χ3v) is 5.98. The van der Waals surface area contributed by atoms with Crippen molar-refractivity contribution in [2.75, 3.05) is 0 Å². The maximum Gasteiger partial charge on any atom is 0.441 e. The van der Waals surface area contributed by atoms with Gasteiger partial charge in [-0.1, -0.05) is 22.0 Å². The highest BCUT2D eigenvalue weighted by Gasteiger charge is 2.46. The van der Waals surface area contributed by atoms with Crippen LogP contribution >= 0.6 is 27.7 Å². The van der Waals surface area contributed by atoms with Gasteiger partial charge in [0.25, 0.3) is 5.91 Å². The van der Waals surface area contributed by atoms with Crippen LogP contribution < -0.4 is 0 Å². The summed E-state index contributed by atoms with van der Waals surface area (Å²) in [5, 5.41) is 11.0. The fourth-order valence-corrected chi connectivity index (χ4v) is 4.35. The third-order valence-electron chi connectivity index (χ3n) is 4.53. The lowest BCUT2D eigenvalue weighted by Crippen LogP contribution is -2.35. The Bertz CT molecular complexity index is 1200. The third kappa shape index (κ3) is 3.52. The number of carbonyl (C=O) groups excluding carboxylic acids is 1. The summed E-state index contributed by atoms with van der Waals surface area (Å²) in [5.41, 5.74) is 3.14. The molecular weight excluding hydrogens is 483 g/mol. The van der Waals surface area contributed by atoms with Gasteiger partial charge >= 0.3 is 6.18 Å². The Hall–Kier alpha value is -2.66. The molecule has 0 atom stereocenters. The van der Waals surface area contributed by atoms with Gasteiger partial charge in [-0.25, -0.2) is 0 Å². The van der Waals surface area contributed by atoms with Crippen LogP contribution in [0.3, 0.4) is 0 Å². The van der Waals surface area contributed by atoms with E-state index in [1.807, 2.05) is 48.7 Å². The lowest BCUT2D eigenvalue weighted by Gasteiger charge is -2.20. The van der Waals surface area contributed by atoms with Gasteiger partial charge in [0.1, 0.15) is 0 Å². The number of fused-ring (bicyclic) bond motifs is 1. The van der Waals surface area contributed by atoms with E-state index < -0.39 is 23.0 Å². The highest BCUT2D eigenvalue weighted by molar-refractivity contribution is 9.10. The summed E-state index contributed by atoms with van der Waals surface area (Å²) in [6.07, 6.45) is -3.21. The molecule has 3 heterocycles. The smallest absolute Gasteiger partial charge is 0.318 e. The number of benzene rings is 1. The van der Waals surface area contributed by atoms with Crippen molar-refractivity contribution in [2.45, 2.75) is 20.0 Å². The summed E-state index contributed by atoms with van der Waals surface area (Å²) in [5.74, 6) is -1.21. The van der Waals surface area contributed by atoms with Gasteiger partial charge in [0.05, 0.1) is 5.57 Å². The van der Waals surface area contributed by atoms with Crippen molar-refractivity contribution in [2.24, 2.45) is 10.1 Å². The quantitative estimate of drug-likeness (QED) is 0.593. The van der Waals surface area contributed by atoms with Crippen LogP contribution in [0.5, 0.6) is 0 Å². The fourth-order valence-electron chi connectivity index (χ4n) is 3.21. The second-order valence-electron chi connectivity index (χ2n) is 6.56. The second kappa shape index (κ2) is 7.24. The molecule has 11 heteroatoms. The maximum atomic E-state index is 12.9. The number of carbonyl (C=O) groups is 1. The molecule has 154 valence electrons. The minimum Gasteiger partial charge on any atom is -0.318 e. The molecule has 1 aromatic heterocycles. The number of amides is 1. The molecule has 0 aliphatic carbocycles. The molecule has 30 heavy (non-hydrogen) atoms. The molecule has 0 radical (unpaired) electrons. The van der Waals surface area contributed by atoms with Gasteiger partial charge in [-0.15, -0.1) is 0 Å². The number of aliphatic imine (C=N–C) groups is 1. The number of rotatable bonds is 2. The van der Waals surface area contributed by atoms with Gasteiger partial charge in [0.2, 0.25) is 10.2 Å². The topological polar surface area (TPSA) is 73.8 Å². The number of aromatic nitrogens is 1. The Balaban J connectivity index is 1.75.